The zero-order chi connectivity index (χ0) is 13.1. The number of halogens is 2. The molecule has 1 heterocycles. The van der Waals surface area contributed by atoms with Crippen molar-refractivity contribution in [2.24, 2.45) is 11.3 Å². The van der Waals surface area contributed by atoms with Crippen LogP contribution in [0.4, 0.5) is 8.78 Å². The summed E-state index contributed by atoms with van der Waals surface area (Å²) in [6.07, 6.45) is 2.70. The minimum atomic E-state index is -2.52. The van der Waals surface area contributed by atoms with Crippen molar-refractivity contribution in [3.63, 3.8) is 0 Å². The molecule has 5 heteroatoms. The number of hydrogen-bond acceptors (Lipinski definition) is 2. The Labute approximate surface area is 101 Å². The molecule has 0 amide bonds. The van der Waals surface area contributed by atoms with Crippen molar-refractivity contribution in [1.29, 1.82) is 0 Å². The average molecular weight is 245 g/mol. The minimum absolute atomic E-state index is 0.213. The van der Waals surface area contributed by atoms with Gasteiger partial charge in [0.1, 0.15) is 5.82 Å². The zero-order valence-electron chi connectivity index (χ0n) is 10.9. The van der Waals surface area contributed by atoms with Crippen molar-refractivity contribution < 1.29 is 8.78 Å². The van der Waals surface area contributed by atoms with Gasteiger partial charge in [0.05, 0.1) is 6.54 Å². The number of imidazole rings is 1. The summed E-state index contributed by atoms with van der Waals surface area (Å²) in [5.74, 6) is 0.846. The summed E-state index contributed by atoms with van der Waals surface area (Å²) in [5, 5.41) is 3.17. The molecule has 1 atom stereocenters. The molecule has 98 valence electrons. The summed E-state index contributed by atoms with van der Waals surface area (Å²) in [6, 6.07) is 0. The molecule has 1 aromatic heterocycles. The molecular weight excluding hydrogens is 224 g/mol. The van der Waals surface area contributed by atoms with Gasteiger partial charge in [-0.1, -0.05) is 27.7 Å². The second-order valence-corrected chi connectivity index (χ2v) is 5.43. The van der Waals surface area contributed by atoms with Gasteiger partial charge in [-0.15, -0.1) is 0 Å². The third-order valence-corrected chi connectivity index (χ3v) is 3.17. The molecule has 17 heavy (non-hydrogen) atoms. The van der Waals surface area contributed by atoms with Crippen molar-refractivity contribution in [2.45, 2.75) is 40.8 Å². The number of nitrogens with zero attached hydrogens (tertiary/aromatic N) is 2. The van der Waals surface area contributed by atoms with Gasteiger partial charge >= 0.3 is 6.55 Å². The van der Waals surface area contributed by atoms with Crippen LogP contribution in [0, 0.1) is 11.3 Å². The molecule has 0 radical (unpaired) electrons. The smallest absolute Gasteiger partial charge is 0.310 e. The van der Waals surface area contributed by atoms with Crippen LogP contribution < -0.4 is 5.32 Å². The van der Waals surface area contributed by atoms with E-state index < -0.39 is 6.55 Å². The topological polar surface area (TPSA) is 29.9 Å². The molecule has 0 saturated carbocycles. The number of rotatable bonds is 5. The van der Waals surface area contributed by atoms with Crippen molar-refractivity contribution in [1.82, 2.24) is 14.9 Å². The van der Waals surface area contributed by atoms with Gasteiger partial charge in [0.2, 0.25) is 0 Å². The molecule has 0 aliphatic rings. The summed E-state index contributed by atoms with van der Waals surface area (Å²) in [5.41, 5.74) is 0.213. The standard InChI is InChI=1S/C12H21F2N3/c1-9(12(2,3)4)7-15-8-10-16-5-6-17(10)11(13)14/h5-6,9,11,15H,7-8H2,1-4H3. The van der Waals surface area contributed by atoms with Crippen molar-refractivity contribution in [2.75, 3.05) is 6.54 Å². The Morgan fingerprint density at radius 3 is 2.59 bits per heavy atom. The van der Waals surface area contributed by atoms with E-state index in [1.165, 1.54) is 12.4 Å². The summed E-state index contributed by atoms with van der Waals surface area (Å²) >= 11 is 0. The molecule has 0 fully saturated rings. The Kier molecular flexibility index (Phi) is 4.62. The average Bonchev–Trinajstić information content (AvgIpc) is 2.64. The first kappa shape index (κ1) is 14.1. The van der Waals surface area contributed by atoms with E-state index in [0.29, 0.717) is 18.3 Å². The highest BCUT2D eigenvalue weighted by Crippen LogP contribution is 2.24. The molecule has 3 nitrogen and oxygen atoms in total. The predicted molar refractivity (Wildman–Crippen MR) is 63.8 cm³/mol. The monoisotopic (exact) mass is 245 g/mol. The van der Waals surface area contributed by atoms with E-state index in [9.17, 15) is 8.78 Å². The van der Waals surface area contributed by atoms with Crippen LogP contribution in [0.25, 0.3) is 0 Å². The number of aromatic nitrogens is 2. The third-order valence-electron chi connectivity index (χ3n) is 3.17. The molecular formula is C12H21F2N3. The van der Waals surface area contributed by atoms with E-state index in [1.54, 1.807) is 0 Å². The minimum Gasteiger partial charge on any atom is -0.310 e. The van der Waals surface area contributed by atoms with Gasteiger partial charge in [0.25, 0.3) is 0 Å². The molecule has 1 rings (SSSR count). The molecule has 0 spiro atoms. The van der Waals surface area contributed by atoms with Crippen molar-refractivity contribution in [3.05, 3.63) is 18.2 Å². The van der Waals surface area contributed by atoms with E-state index in [1.807, 2.05) is 0 Å². The maximum absolute atomic E-state index is 12.5. The normalized spacial score (nSPS) is 14.3. The second kappa shape index (κ2) is 5.58. The van der Waals surface area contributed by atoms with Gasteiger partial charge in [-0.05, 0) is 17.9 Å². The van der Waals surface area contributed by atoms with Crippen molar-refractivity contribution in [3.8, 4) is 0 Å². The molecule has 0 aromatic carbocycles. The van der Waals surface area contributed by atoms with Crippen LogP contribution in [0.5, 0.6) is 0 Å². The SMILES string of the molecule is CC(CNCc1nccn1C(F)F)C(C)(C)C. The quantitative estimate of drug-likeness (QED) is 0.864. The highest BCUT2D eigenvalue weighted by Gasteiger charge is 2.19. The molecule has 0 aliphatic heterocycles. The van der Waals surface area contributed by atoms with Crippen LogP contribution >= 0.6 is 0 Å². The van der Waals surface area contributed by atoms with Crippen LogP contribution in [0.1, 0.15) is 40.1 Å². The molecule has 0 aliphatic carbocycles. The first-order valence-corrected chi connectivity index (χ1v) is 5.83. The Morgan fingerprint density at radius 2 is 2.06 bits per heavy atom. The lowest BCUT2D eigenvalue weighted by Crippen LogP contribution is -2.30. The fraction of sp³-hybridized carbons (Fsp3) is 0.750. The third kappa shape index (κ3) is 4.07. The number of nitrogens with one attached hydrogen (secondary N) is 1. The van der Waals surface area contributed by atoms with Crippen LogP contribution in [-0.4, -0.2) is 16.1 Å². The highest BCUT2D eigenvalue weighted by molar-refractivity contribution is 4.92. The fourth-order valence-corrected chi connectivity index (χ4v) is 1.37. The number of hydrogen-bond donors (Lipinski definition) is 1. The lowest BCUT2D eigenvalue weighted by Gasteiger charge is -2.27. The molecule has 1 aromatic rings. The largest absolute Gasteiger partial charge is 0.319 e. The first-order valence-electron chi connectivity index (χ1n) is 5.83. The van der Waals surface area contributed by atoms with Crippen LogP contribution in [0.15, 0.2) is 12.4 Å². The van der Waals surface area contributed by atoms with E-state index in [-0.39, 0.29) is 5.41 Å². The van der Waals surface area contributed by atoms with Gasteiger partial charge in [-0.3, -0.25) is 4.57 Å². The predicted octanol–water partition coefficient (Wildman–Crippen LogP) is 3.05. The Balaban J connectivity index is 2.44. The fourth-order valence-electron chi connectivity index (χ4n) is 1.37. The first-order chi connectivity index (χ1) is 7.82. The number of alkyl halides is 2. The van der Waals surface area contributed by atoms with Gasteiger partial charge in [0, 0.05) is 12.4 Å². The molecule has 0 saturated heterocycles. The lowest BCUT2D eigenvalue weighted by molar-refractivity contribution is 0.0665. The molecule has 1 unspecified atom stereocenters. The Bertz CT molecular complexity index is 342. The Morgan fingerprint density at radius 1 is 1.41 bits per heavy atom. The summed E-state index contributed by atoms with van der Waals surface area (Å²) in [4.78, 5) is 3.92. The summed E-state index contributed by atoms with van der Waals surface area (Å²) in [6.45, 7) is 7.29. The van der Waals surface area contributed by atoms with E-state index in [4.69, 9.17) is 0 Å². The highest BCUT2D eigenvalue weighted by atomic mass is 19.3. The van der Waals surface area contributed by atoms with Crippen LogP contribution in [0.3, 0.4) is 0 Å². The van der Waals surface area contributed by atoms with E-state index in [2.05, 4.69) is 38.0 Å². The van der Waals surface area contributed by atoms with Gasteiger partial charge < -0.3 is 5.32 Å². The van der Waals surface area contributed by atoms with E-state index in [0.717, 1.165) is 11.1 Å². The van der Waals surface area contributed by atoms with Crippen molar-refractivity contribution >= 4 is 0 Å². The molecule has 1 N–H and O–H groups in total. The summed E-state index contributed by atoms with van der Waals surface area (Å²) < 4.78 is 25.9. The lowest BCUT2D eigenvalue weighted by atomic mass is 9.82. The maximum atomic E-state index is 12.5. The van der Waals surface area contributed by atoms with Crippen LogP contribution in [0.2, 0.25) is 0 Å². The van der Waals surface area contributed by atoms with Gasteiger partial charge in [-0.25, -0.2) is 4.98 Å². The Hall–Kier alpha value is -0.970. The van der Waals surface area contributed by atoms with Gasteiger partial charge in [0.15, 0.2) is 0 Å². The van der Waals surface area contributed by atoms with E-state index >= 15 is 0 Å². The molecule has 0 bridgehead atoms. The van der Waals surface area contributed by atoms with Gasteiger partial charge in [-0.2, -0.15) is 8.78 Å². The van der Waals surface area contributed by atoms with Crippen LogP contribution in [-0.2, 0) is 6.54 Å². The second-order valence-electron chi connectivity index (χ2n) is 5.43. The zero-order valence-corrected chi connectivity index (χ0v) is 10.9. The maximum Gasteiger partial charge on any atom is 0.319 e. The summed E-state index contributed by atoms with van der Waals surface area (Å²) in [7, 11) is 0.